The van der Waals surface area contributed by atoms with Crippen LogP contribution >= 0.6 is 0 Å². The largest absolute Gasteiger partial charge is 0.483 e. The number of hydrogen-bond donors (Lipinski definition) is 2. The minimum Gasteiger partial charge on any atom is -0.483 e. The van der Waals surface area contributed by atoms with Gasteiger partial charge in [-0.25, -0.2) is 0 Å². The summed E-state index contributed by atoms with van der Waals surface area (Å²) in [5.41, 5.74) is 3.30. The summed E-state index contributed by atoms with van der Waals surface area (Å²) < 4.78 is 5.55. The van der Waals surface area contributed by atoms with E-state index in [-0.39, 0.29) is 18.4 Å². The van der Waals surface area contributed by atoms with Crippen molar-refractivity contribution in [2.45, 2.75) is 26.7 Å². The lowest BCUT2D eigenvalue weighted by Crippen LogP contribution is -2.36. The van der Waals surface area contributed by atoms with Crippen molar-refractivity contribution < 1.29 is 14.3 Å². The summed E-state index contributed by atoms with van der Waals surface area (Å²) in [6.07, 6.45) is 1.15. The molecule has 2 rings (SSSR count). The topological polar surface area (TPSA) is 67.4 Å². The number of carbonyl (C=O) groups is 2. The van der Waals surface area contributed by atoms with Crippen molar-refractivity contribution in [3.63, 3.8) is 0 Å². The fourth-order valence-corrected chi connectivity index (χ4v) is 2.47. The van der Waals surface area contributed by atoms with Gasteiger partial charge in [-0.05, 0) is 43.0 Å². The normalized spacial score (nSPS) is 10.2. The van der Waals surface area contributed by atoms with Crippen LogP contribution in [0, 0.1) is 13.8 Å². The van der Waals surface area contributed by atoms with E-state index in [9.17, 15) is 9.59 Å². The predicted molar refractivity (Wildman–Crippen MR) is 102 cm³/mol. The van der Waals surface area contributed by atoms with Gasteiger partial charge in [-0.15, -0.1) is 0 Å². The fourth-order valence-electron chi connectivity index (χ4n) is 2.47. The molecular weight excluding hydrogens is 328 g/mol. The van der Waals surface area contributed by atoms with Crippen LogP contribution in [0.1, 0.15) is 23.1 Å². The molecule has 2 amide bonds. The minimum absolute atomic E-state index is 0.0188. The molecule has 0 aliphatic carbocycles. The molecule has 0 heterocycles. The van der Waals surface area contributed by atoms with Crippen LogP contribution in [0.15, 0.2) is 48.5 Å². The smallest absolute Gasteiger partial charge is 0.258 e. The van der Waals surface area contributed by atoms with Crippen molar-refractivity contribution in [2.75, 3.05) is 19.7 Å². The van der Waals surface area contributed by atoms with Crippen molar-refractivity contribution in [2.24, 2.45) is 0 Å². The van der Waals surface area contributed by atoms with Crippen LogP contribution in [0.5, 0.6) is 5.75 Å². The molecule has 0 aromatic heterocycles. The molecule has 26 heavy (non-hydrogen) atoms. The monoisotopic (exact) mass is 354 g/mol. The van der Waals surface area contributed by atoms with Gasteiger partial charge in [-0.3, -0.25) is 9.59 Å². The summed E-state index contributed by atoms with van der Waals surface area (Å²) in [4.78, 5) is 23.6. The van der Waals surface area contributed by atoms with Gasteiger partial charge in [0.05, 0.1) is 0 Å². The highest BCUT2D eigenvalue weighted by Crippen LogP contribution is 2.20. The molecule has 5 heteroatoms. The van der Waals surface area contributed by atoms with E-state index in [1.165, 1.54) is 0 Å². The van der Waals surface area contributed by atoms with Crippen LogP contribution in [0.3, 0.4) is 0 Å². The minimum atomic E-state index is -0.204. The Bertz CT molecular complexity index is 729. The average Bonchev–Trinajstić information content (AvgIpc) is 2.65. The van der Waals surface area contributed by atoms with E-state index < -0.39 is 0 Å². The third-order valence-electron chi connectivity index (χ3n) is 4.17. The van der Waals surface area contributed by atoms with Gasteiger partial charge in [0, 0.05) is 19.5 Å². The Morgan fingerprint density at radius 3 is 2.31 bits per heavy atom. The van der Waals surface area contributed by atoms with Gasteiger partial charge in [0.25, 0.3) is 5.91 Å². The Hall–Kier alpha value is -2.82. The van der Waals surface area contributed by atoms with E-state index in [4.69, 9.17) is 4.74 Å². The van der Waals surface area contributed by atoms with Crippen molar-refractivity contribution in [1.82, 2.24) is 10.6 Å². The molecule has 0 radical (unpaired) electrons. The van der Waals surface area contributed by atoms with Crippen LogP contribution < -0.4 is 15.4 Å². The second-order valence-electron chi connectivity index (χ2n) is 6.17. The number of ether oxygens (including phenoxy) is 1. The summed E-state index contributed by atoms with van der Waals surface area (Å²) in [5.74, 6) is 0.494. The number of amides is 2. The zero-order chi connectivity index (χ0) is 18.8. The first-order chi connectivity index (χ1) is 12.6. The van der Waals surface area contributed by atoms with Gasteiger partial charge in [0.2, 0.25) is 5.91 Å². The summed E-state index contributed by atoms with van der Waals surface area (Å²) in [5, 5.41) is 5.54. The van der Waals surface area contributed by atoms with Crippen LogP contribution in [0.4, 0.5) is 0 Å². The first-order valence-electron chi connectivity index (χ1n) is 8.82. The third kappa shape index (κ3) is 6.59. The molecular formula is C21H26N2O3. The molecule has 2 aromatic carbocycles. The summed E-state index contributed by atoms with van der Waals surface area (Å²) in [6, 6.07) is 15.6. The molecule has 2 N–H and O–H groups in total. The number of aryl methyl sites for hydroxylation is 2. The lowest BCUT2D eigenvalue weighted by molar-refractivity contribution is -0.124. The number of rotatable bonds is 9. The van der Waals surface area contributed by atoms with Crippen LogP contribution in [0.25, 0.3) is 0 Å². The molecule has 0 atom stereocenters. The highest BCUT2D eigenvalue weighted by Gasteiger charge is 2.06. The quantitative estimate of drug-likeness (QED) is 0.680. The standard InChI is InChI=1S/C21H26N2O3/c1-16-7-6-10-19(17(16)2)26-15-21(25)23-14-13-22-20(24)12-11-18-8-4-3-5-9-18/h3-10H,11-15H2,1-2H3,(H,22,24)(H,23,25). The Morgan fingerprint density at radius 1 is 0.885 bits per heavy atom. The van der Waals surface area contributed by atoms with E-state index >= 15 is 0 Å². The molecule has 138 valence electrons. The van der Waals surface area contributed by atoms with E-state index in [0.29, 0.717) is 25.9 Å². The van der Waals surface area contributed by atoms with Gasteiger partial charge >= 0.3 is 0 Å². The third-order valence-corrected chi connectivity index (χ3v) is 4.17. The Labute approximate surface area is 154 Å². The first-order valence-corrected chi connectivity index (χ1v) is 8.82. The molecule has 0 fully saturated rings. The molecule has 5 nitrogen and oxygen atoms in total. The van der Waals surface area contributed by atoms with Crippen LogP contribution in [-0.2, 0) is 16.0 Å². The maximum Gasteiger partial charge on any atom is 0.258 e. The van der Waals surface area contributed by atoms with E-state index in [0.717, 1.165) is 22.4 Å². The van der Waals surface area contributed by atoms with Crippen molar-refractivity contribution in [3.8, 4) is 5.75 Å². The fraction of sp³-hybridized carbons (Fsp3) is 0.333. The molecule has 0 unspecified atom stereocenters. The molecule has 0 saturated heterocycles. The molecule has 0 aliphatic heterocycles. The van der Waals surface area contributed by atoms with Crippen molar-refractivity contribution in [1.29, 1.82) is 0 Å². The highest BCUT2D eigenvalue weighted by atomic mass is 16.5. The van der Waals surface area contributed by atoms with Gasteiger partial charge in [0.15, 0.2) is 6.61 Å². The number of nitrogens with one attached hydrogen (secondary N) is 2. The van der Waals surface area contributed by atoms with E-state index in [2.05, 4.69) is 10.6 Å². The van der Waals surface area contributed by atoms with Crippen LogP contribution in [-0.4, -0.2) is 31.5 Å². The first kappa shape index (κ1) is 19.5. The van der Waals surface area contributed by atoms with Crippen molar-refractivity contribution in [3.05, 3.63) is 65.2 Å². The maximum absolute atomic E-state index is 11.8. The SMILES string of the molecule is Cc1cccc(OCC(=O)NCCNC(=O)CCc2ccccc2)c1C. The maximum atomic E-state index is 11.8. The summed E-state index contributed by atoms with van der Waals surface area (Å²) in [6.45, 7) is 4.72. The number of carbonyl (C=O) groups excluding carboxylic acids is 2. The Kier molecular flexibility index (Phi) is 7.68. The Morgan fingerprint density at radius 2 is 1.58 bits per heavy atom. The zero-order valence-corrected chi connectivity index (χ0v) is 15.4. The second kappa shape index (κ2) is 10.2. The average molecular weight is 354 g/mol. The van der Waals surface area contributed by atoms with E-state index in [1.807, 2.05) is 62.4 Å². The molecule has 0 saturated carbocycles. The molecule has 0 spiro atoms. The summed E-state index contributed by atoms with van der Waals surface area (Å²) in [7, 11) is 0. The number of hydrogen-bond acceptors (Lipinski definition) is 3. The Balaban J connectivity index is 1.58. The van der Waals surface area contributed by atoms with Crippen molar-refractivity contribution >= 4 is 11.8 Å². The van der Waals surface area contributed by atoms with Crippen LogP contribution in [0.2, 0.25) is 0 Å². The molecule has 0 bridgehead atoms. The number of benzene rings is 2. The van der Waals surface area contributed by atoms with E-state index in [1.54, 1.807) is 0 Å². The predicted octanol–water partition coefficient (Wildman–Crippen LogP) is 2.55. The molecule has 2 aromatic rings. The molecule has 0 aliphatic rings. The summed E-state index contributed by atoms with van der Waals surface area (Å²) >= 11 is 0. The highest BCUT2D eigenvalue weighted by molar-refractivity contribution is 5.78. The van der Waals surface area contributed by atoms with Gasteiger partial charge in [-0.1, -0.05) is 42.5 Å². The lowest BCUT2D eigenvalue weighted by Gasteiger charge is -2.11. The van der Waals surface area contributed by atoms with Gasteiger partial charge in [0.1, 0.15) is 5.75 Å². The van der Waals surface area contributed by atoms with Gasteiger partial charge < -0.3 is 15.4 Å². The second-order valence-corrected chi connectivity index (χ2v) is 6.17. The van der Waals surface area contributed by atoms with Gasteiger partial charge in [-0.2, -0.15) is 0 Å². The zero-order valence-electron chi connectivity index (χ0n) is 15.4. The lowest BCUT2D eigenvalue weighted by atomic mass is 10.1.